The first-order valence-electron chi connectivity index (χ1n) is 14.4. The van der Waals surface area contributed by atoms with Crippen LogP contribution >= 0.6 is 0 Å². The van der Waals surface area contributed by atoms with Crippen molar-refractivity contribution in [2.75, 3.05) is 0 Å². The normalized spacial score (nSPS) is 16.4. The highest BCUT2D eigenvalue weighted by molar-refractivity contribution is 6.38. The topological polar surface area (TPSA) is 146 Å². The molecule has 2 aromatic rings. The largest absolute Gasteiger partial charge is 0.347 e. The van der Waals surface area contributed by atoms with Crippen molar-refractivity contribution in [3.05, 3.63) is 42.2 Å². The Bertz CT molecular complexity index is 1270. The summed E-state index contributed by atoms with van der Waals surface area (Å²) >= 11 is 0. The van der Waals surface area contributed by atoms with E-state index >= 15 is 0 Å². The Labute approximate surface area is 241 Å². The lowest BCUT2D eigenvalue weighted by atomic mass is 9.85. The molecule has 1 aliphatic carbocycles. The van der Waals surface area contributed by atoms with E-state index in [1.165, 1.54) is 13.1 Å². The van der Waals surface area contributed by atoms with Crippen LogP contribution in [0.2, 0.25) is 0 Å². The highest BCUT2D eigenvalue weighted by atomic mass is 16.2. The molecule has 1 aliphatic rings. The van der Waals surface area contributed by atoms with E-state index in [1.54, 1.807) is 20.0 Å². The molecule has 1 saturated carbocycles. The molecule has 3 rings (SSSR count). The average Bonchev–Trinajstić information content (AvgIpc) is 2.93. The second kappa shape index (κ2) is 13.7. The predicted molar refractivity (Wildman–Crippen MR) is 157 cm³/mol. The van der Waals surface area contributed by atoms with Crippen LogP contribution in [0.5, 0.6) is 0 Å². The van der Waals surface area contributed by atoms with E-state index in [0.717, 1.165) is 37.5 Å². The van der Waals surface area contributed by atoms with Gasteiger partial charge in [0.2, 0.25) is 17.6 Å². The number of aromatic nitrogens is 1. The van der Waals surface area contributed by atoms with Gasteiger partial charge >= 0.3 is 0 Å². The van der Waals surface area contributed by atoms with Gasteiger partial charge in [0.05, 0.1) is 11.6 Å². The van der Waals surface area contributed by atoms with Gasteiger partial charge in [0.25, 0.3) is 11.8 Å². The summed E-state index contributed by atoms with van der Waals surface area (Å²) in [5, 5.41) is 12.4. The molecule has 1 fully saturated rings. The standard InChI is InChI=1S/C31H43N5O5/c1-18(2)24(25(37)29(40)34-21-13-8-7-9-14-21)35-27(38)19(3)33-30(41)26(31(4,5)6)36-28(39)23-17-32-16-20-12-10-11-15-22(20)23/h10-12,15-19,21,24,26H,7-9,13-14H2,1-6H3,(H,33,41)(H,34,40)(H,35,38)(H,36,39)/t19-,24-,26+/m0/s1. The molecule has 1 aromatic carbocycles. The van der Waals surface area contributed by atoms with Crippen LogP contribution in [0.25, 0.3) is 10.8 Å². The minimum absolute atomic E-state index is 0.0314. The number of fused-ring (bicyclic) bond motifs is 1. The molecule has 1 aromatic heterocycles. The van der Waals surface area contributed by atoms with Gasteiger partial charge in [-0.05, 0) is 36.5 Å². The van der Waals surface area contributed by atoms with Gasteiger partial charge in [-0.3, -0.25) is 29.0 Å². The fourth-order valence-electron chi connectivity index (χ4n) is 5.00. The molecule has 4 N–H and O–H groups in total. The van der Waals surface area contributed by atoms with Crippen molar-refractivity contribution >= 4 is 40.2 Å². The van der Waals surface area contributed by atoms with E-state index in [2.05, 4.69) is 26.3 Å². The van der Waals surface area contributed by atoms with E-state index < -0.39 is 53.0 Å². The van der Waals surface area contributed by atoms with E-state index in [9.17, 15) is 24.0 Å². The summed E-state index contributed by atoms with van der Waals surface area (Å²) in [5.41, 5.74) is -0.359. The van der Waals surface area contributed by atoms with Gasteiger partial charge < -0.3 is 21.3 Å². The molecule has 0 saturated heterocycles. The van der Waals surface area contributed by atoms with Crippen LogP contribution in [0.1, 0.15) is 84.0 Å². The molecule has 4 amide bonds. The van der Waals surface area contributed by atoms with Gasteiger partial charge in [0.15, 0.2) is 0 Å². The molecule has 0 spiro atoms. The number of Topliss-reactive ketones (excluding diaryl/α,β-unsaturated/α-hetero) is 1. The molecule has 0 radical (unpaired) electrons. The van der Waals surface area contributed by atoms with Crippen LogP contribution in [-0.2, 0) is 19.2 Å². The van der Waals surface area contributed by atoms with Crippen molar-refractivity contribution in [2.24, 2.45) is 11.3 Å². The number of benzene rings is 1. The fraction of sp³-hybridized carbons (Fsp3) is 0.548. The number of hydrogen-bond acceptors (Lipinski definition) is 6. The Hall–Kier alpha value is -3.82. The van der Waals surface area contributed by atoms with Gasteiger partial charge in [-0.2, -0.15) is 0 Å². The number of rotatable bonds is 10. The molecule has 0 unspecified atom stereocenters. The summed E-state index contributed by atoms with van der Waals surface area (Å²) in [6, 6.07) is 4.26. The Morgan fingerprint density at radius 2 is 1.51 bits per heavy atom. The maximum atomic E-state index is 13.4. The zero-order chi connectivity index (χ0) is 30.3. The monoisotopic (exact) mass is 565 g/mol. The number of nitrogens with zero attached hydrogens (tertiary/aromatic N) is 1. The van der Waals surface area contributed by atoms with Crippen molar-refractivity contribution in [2.45, 2.75) is 97.8 Å². The number of amides is 4. The molecular formula is C31H43N5O5. The molecule has 0 bridgehead atoms. The van der Waals surface area contributed by atoms with Gasteiger partial charge in [0, 0.05) is 23.8 Å². The Balaban J connectivity index is 1.66. The summed E-state index contributed by atoms with van der Waals surface area (Å²) in [5.74, 6) is -3.37. The van der Waals surface area contributed by atoms with Crippen molar-refractivity contribution in [1.29, 1.82) is 0 Å². The summed E-state index contributed by atoms with van der Waals surface area (Å²) in [6.07, 6.45) is 7.93. The zero-order valence-electron chi connectivity index (χ0n) is 24.9. The van der Waals surface area contributed by atoms with Crippen LogP contribution in [0.4, 0.5) is 0 Å². The average molecular weight is 566 g/mol. The SMILES string of the molecule is CC(C)[C@H](NC(=O)[C@H](C)NC(=O)[C@@H](NC(=O)c1cncc2ccccc12)C(C)(C)C)C(=O)C(=O)NC1CCCCC1. The minimum atomic E-state index is -1.04. The number of pyridine rings is 1. The number of hydrogen-bond donors (Lipinski definition) is 4. The summed E-state index contributed by atoms with van der Waals surface area (Å²) in [7, 11) is 0. The Morgan fingerprint density at radius 3 is 2.15 bits per heavy atom. The predicted octanol–water partition coefficient (Wildman–Crippen LogP) is 3.04. The van der Waals surface area contributed by atoms with Crippen LogP contribution < -0.4 is 21.3 Å². The molecule has 41 heavy (non-hydrogen) atoms. The molecule has 1 heterocycles. The maximum absolute atomic E-state index is 13.4. The molecule has 10 nitrogen and oxygen atoms in total. The lowest BCUT2D eigenvalue weighted by Gasteiger charge is -2.31. The van der Waals surface area contributed by atoms with E-state index in [-0.39, 0.29) is 12.0 Å². The third-order valence-electron chi connectivity index (χ3n) is 7.48. The molecule has 222 valence electrons. The molecular weight excluding hydrogens is 522 g/mol. The zero-order valence-corrected chi connectivity index (χ0v) is 24.9. The Kier molecular flexibility index (Phi) is 10.6. The number of carbonyl (C=O) groups is 5. The number of nitrogens with one attached hydrogen (secondary N) is 4. The first-order chi connectivity index (χ1) is 19.3. The third kappa shape index (κ3) is 8.34. The van der Waals surface area contributed by atoms with E-state index in [1.807, 2.05) is 45.0 Å². The summed E-state index contributed by atoms with van der Waals surface area (Å²) < 4.78 is 0. The molecule has 10 heteroatoms. The first kappa shape index (κ1) is 31.7. The smallest absolute Gasteiger partial charge is 0.289 e. The second-order valence-corrected chi connectivity index (χ2v) is 12.3. The van der Waals surface area contributed by atoms with Crippen LogP contribution in [0.15, 0.2) is 36.7 Å². The van der Waals surface area contributed by atoms with Gasteiger partial charge in [0.1, 0.15) is 12.1 Å². The maximum Gasteiger partial charge on any atom is 0.289 e. The van der Waals surface area contributed by atoms with Crippen LogP contribution in [0, 0.1) is 11.3 Å². The van der Waals surface area contributed by atoms with Gasteiger partial charge in [-0.1, -0.05) is 78.1 Å². The lowest BCUT2D eigenvalue weighted by molar-refractivity contribution is -0.141. The third-order valence-corrected chi connectivity index (χ3v) is 7.48. The first-order valence-corrected chi connectivity index (χ1v) is 14.4. The van der Waals surface area contributed by atoms with E-state index in [0.29, 0.717) is 10.9 Å². The number of ketones is 1. The van der Waals surface area contributed by atoms with Crippen molar-refractivity contribution < 1.29 is 24.0 Å². The highest BCUT2D eigenvalue weighted by Gasteiger charge is 2.36. The van der Waals surface area contributed by atoms with Crippen molar-refractivity contribution in [3.8, 4) is 0 Å². The summed E-state index contributed by atoms with van der Waals surface area (Å²) in [6.45, 7) is 10.4. The molecule has 3 atom stereocenters. The van der Waals surface area contributed by atoms with Crippen molar-refractivity contribution in [1.82, 2.24) is 26.3 Å². The quantitative estimate of drug-likeness (QED) is 0.326. The number of carbonyl (C=O) groups excluding carboxylic acids is 5. The Morgan fingerprint density at radius 1 is 0.854 bits per heavy atom. The van der Waals surface area contributed by atoms with Crippen LogP contribution in [0.3, 0.4) is 0 Å². The van der Waals surface area contributed by atoms with Gasteiger partial charge in [-0.15, -0.1) is 0 Å². The van der Waals surface area contributed by atoms with Crippen LogP contribution in [-0.4, -0.2) is 58.6 Å². The van der Waals surface area contributed by atoms with Crippen molar-refractivity contribution in [3.63, 3.8) is 0 Å². The lowest BCUT2D eigenvalue weighted by Crippen LogP contribution is -2.59. The second-order valence-electron chi connectivity index (χ2n) is 12.3. The summed E-state index contributed by atoms with van der Waals surface area (Å²) in [4.78, 5) is 69.5. The fourth-order valence-corrected chi connectivity index (χ4v) is 5.00. The minimum Gasteiger partial charge on any atom is -0.347 e. The highest BCUT2D eigenvalue weighted by Crippen LogP contribution is 2.22. The van der Waals surface area contributed by atoms with Gasteiger partial charge in [-0.25, -0.2) is 0 Å². The van der Waals surface area contributed by atoms with E-state index in [4.69, 9.17) is 0 Å². The molecule has 0 aliphatic heterocycles.